The summed E-state index contributed by atoms with van der Waals surface area (Å²) in [4.78, 5) is 4.68. The van der Waals surface area contributed by atoms with E-state index in [9.17, 15) is 0 Å². The van der Waals surface area contributed by atoms with Crippen molar-refractivity contribution in [1.82, 2.24) is 9.80 Å². The van der Waals surface area contributed by atoms with Crippen molar-refractivity contribution in [3.63, 3.8) is 0 Å². The smallest absolute Gasteiger partial charge is 0.0989 e. The monoisotopic (exact) mass is 237 g/mol. The van der Waals surface area contributed by atoms with Crippen LogP contribution in [0.15, 0.2) is 0 Å². The van der Waals surface area contributed by atoms with Gasteiger partial charge in [-0.1, -0.05) is 19.3 Å². The summed E-state index contributed by atoms with van der Waals surface area (Å²) in [5.41, 5.74) is 0. The van der Waals surface area contributed by atoms with Crippen molar-refractivity contribution in [2.24, 2.45) is 5.92 Å². The SMILES string of the molecule is CN(C)C1CCN(C(=N)C2CCCCC2)CC1. The first-order valence-corrected chi connectivity index (χ1v) is 7.18. The molecule has 1 aliphatic heterocycles. The lowest BCUT2D eigenvalue weighted by atomic mass is 9.87. The van der Waals surface area contributed by atoms with Crippen LogP contribution in [0.2, 0.25) is 0 Å². The lowest BCUT2D eigenvalue weighted by molar-refractivity contribution is 0.185. The van der Waals surface area contributed by atoms with Crippen molar-refractivity contribution in [2.75, 3.05) is 27.2 Å². The van der Waals surface area contributed by atoms with Crippen molar-refractivity contribution in [2.45, 2.75) is 51.0 Å². The fourth-order valence-corrected chi connectivity index (χ4v) is 3.26. The zero-order valence-corrected chi connectivity index (χ0v) is 11.4. The Morgan fingerprint density at radius 2 is 1.59 bits per heavy atom. The van der Waals surface area contributed by atoms with E-state index in [2.05, 4.69) is 23.9 Å². The van der Waals surface area contributed by atoms with E-state index in [1.54, 1.807) is 0 Å². The van der Waals surface area contributed by atoms with E-state index in [-0.39, 0.29) is 0 Å². The predicted octanol–water partition coefficient (Wildman–Crippen LogP) is 2.57. The van der Waals surface area contributed by atoms with Gasteiger partial charge >= 0.3 is 0 Å². The van der Waals surface area contributed by atoms with Crippen molar-refractivity contribution in [1.29, 1.82) is 5.41 Å². The molecule has 2 rings (SSSR count). The Balaban J connectivity index is 1.81. The van der Waals surface area contributed by atoms with Gasteiger partial charge in [0.1, 0.15) is 0 Å². The zero-order valence-electron chi connectivity index (χ0n) is 11.4. The van der Waals surface area contributed by atoms with Crippen LogP contribution in [0.4, 0.5) is 0 Å². The molecule has 2 fully saturated rings. The molecule has 2 aliphatic rings. The summed E-state index contributed by atoms with van der Waals surface area (Å²) >= 11 is 0. The highest BCUT2D eigenvalue weighted by Crippen LogP contribution is 2.27. The van der Waals surface area contributed by atoms with E-state index >= 15 is 0 Å². The molecule has 1 saturated heterocycles. The Morgan fingerprint density at radius 3 is 2.12 bits per heavy atom. The Bertz CT molecular complexity index is 248. The van der Waals surface area contributed by atoms with Gasteiger partial charge < -0.3 is 9.80 Å². The molecule has 0 aromatic heterocycles. The maximum Gasteiger partial charge on any atom is 0.0989 e. The van der Waals surface area contributed by atoms with Gasteiger partial charge in [0.25, 0.3) is 0 Å². The molecule has 98 valence electrons. The van der Waals surface area contributed by atoms with Gasteiger partial charge in [-0.05, 0) is 39.8 Å². The van der Waals surface area contributed by atoms with Crippen LogP contribution in [0, 0.1) is 11.3 Å². The van der Waals surface area contributed by atoms with E-state index in [1.807, 2.05) is 0 Å². The van der Waals surface area contributed by atoms with Crippen LogP contribution in [-0.2, 0) is 0 Å². The molecule has 0 spiro atoms. The molecule has 3 heteroatoms. The van der Waals surface area contributed by atoms with E-state index in [4.69, 9.17) is 5.41 Å². The minimum Gasteiger partial charge on any atom is -0.360 e. The second kappa shape index (κ2) is 5.85. The quantitative estimate of drug-likeness (QED) is 0.591. The van der Waals surface area contributed by atoms with E-state index in [0.29, 0.717) is 5.92 Å². The van der Waals surface area contributed by atoms with Crippen molar-refractivity contribution in [3.05, 3.63) is 0 Å². The van der Waals surface area contributed by atoms with Gasteiger partial charge in [-0.25, -0.2) is 0 Å². The molecule has 0 bridgehead atoms. The highest BCUT2D eigenvalue weighted by molar-refractivity contribution is 5.81. The minimum absolute atomic E-state index is 0.569. The number of amidine groups is 1. The second-order valence-corrected chi connectivity index (χ2v) is 5.90. The van der Waals surface area contributed by atoms with Gasteiger partial charge in [0.15, 0.2) is 0 Å². The molecule has 0 unspecified atom stereocenters. The van der Waals surface area contributed by atoms with Gasteiger partial charge in [0, 0.05) is 25.0 Å². The van der Waals surface area contributed by atoms with Gasteiger partial charge in [0.2, 0.25) is 0 Å². The minimum atomic E-state index is 0.569. The van der Waals surface area contributed by atoms with Gasteiger partial charge in [0.05, 0.1) is 5.84 Å². The molecule has 1 N–H and O–H groups in total. The number of nitrogens with one attached hydrogen (secondary N) is 1. The van der Waals surface area contributed by atoms with Crippen molar-refractivity contribution in [3.8, 4) is 0 Å². The molecule has 0 aromatic carbocycles. The van der Waals surface area contributed by atoms with Crippen LogP contribution < -0.4 is 0 Å². The van der Waals surface area contributed by atoms with Gasteiger partial charge in [-0.3, -0.25) is 5.41 Å². The van der Waals surface area contributed by atoms with Crippen LogP contribution in [0.1, 0.15) is 44.9 Å². The molecular formula is C14H27N3. The summed E-state index contributed by atoms with van der Waals surface area (Å²) in [6, 6.07) is 0.727. The molecule has 1 saturated carbocycles. The molecule has 1 heterocycles. The average molecular weight is 237 g/mol. The summed E-state index contributed by atoms with van der Waals surface area (Å²) in [7, 11) is 4.35. The highest BCUT2D eigenvalue weighted by Gasteiger charge is 2.26. The fourth-order valence-electron chi connectivity index (χ4n) is 3.26. The van der Waals surface area contributed by atoms with Crippen LogP contribution in [0.5, 0.6) is 0 Å². The number of piperidine rings is 1. The summed E-state index contributed by atoms with van der Waals surface area (Å²) in [6.45, 7) is 2.19. The summed E-state index contributed by atoms with van der Waals surface area (Å²) in [5, 5.41) is 8.36. The van der Waals surface area contributed by atoms with E-state index < -0.39 is 0 Å². The summed E-state index contributed by atoms with van der Waals surface area (Å²) in [6.07, 6.45) is 9.01. The molecule has 0 radical (unpaired) electrons. The Morgan fingerprint density at radius 1 is 1.00 bits per heavy atom. The Labute approximate surface area is 106 Å². The number of hydrogen-bond acceptors (Lipinski definition) is 2. The summed E-state index contributed by atoms with van der Waals surface area (Å²) < 4.78 is 0. The Kier molecular flexibility index (Phi) is 4.43. The molecule has 0 aromatic rings. The highest BCUT2D eigenvalue weighted by atomic mass is 15.2. The van der Waals surface area contributed by atoms with Gasteiger partial charge in [-0.2, -0.15) is 0 Å². The van der Waals surface area contributed by atoms with Gasteiger partial charge in [-0.15, -0.1) is 0 Å². The third-order valence-corrected chi connectivity index (χ3v) is 4.53. The standard InChI is InChI=1S/C14H27N3/c1-16(2)13-8-10-17(11-9-13)14(15)12-6-4-3-5-7-12/h12-13,15H,3-11H2,1-2H3. The molecule has 0 atom stereocenters. The van der Waals surface area contributed by atoms with E-state index in [0.717, 1.165) is 25.0 Å². The molecular weight excluding hydrogens is 210 g/mol. The van der Waals surface area contributed by atoms with E-state index in [1.165, 1.54) is 44.9 Å². The Hall–Kier alpha value is -0.570. The molecule has 3 nitrogen and oxygen atoms in total. The maximum atomic E-state index is 8.36. The zero-order chi connectivity index (χ0) is 12.3. The second-order valence-electron chi connectivity index (χ2n) is 5.90. The van der Waals surface area contributed by atoms with Crippen molar-refractivity contribution >= 4 is 5.84 Å². The first kappa shape index (κ1) is 12.9. The topological polar surface area (TPSA) is 30.3 Å². The fraction of sp³-hybridized carbons (Fsp3) is 0.929. The number of rotatable bonds is 2. The molecule has 17 heavy (non-hydrogen) atoms. The van der Waals surface area contributed by atoms with Crippen LogP contribution in [0.3, 0.4) is 0 Å². The number of hydrogen-bond donors (Lipinski definition) is 1. The maximum absolute atomic E-state index is 8.36. The first-order chi connectivity index (χ1) is 8.18. The number of nitrogens with zero attached hydrogens (tertiary/aromatic N) is 2. The molecule has 1 aliphatic carbocycles. The normalized spacial score (nSPS) is 24.3. The number of likely N-dealkylation sites (tertiary alicyclic amines) is 1. The third kappa shape index (κ3) is 3.21. The molecule has 0 amide bonds. The lowest BCUT2D eigenvalue weighted by Crippen LogP contribution is -2.46. The van der Waals surface area contributed by atoms with Crippen molar-refractivity contribution < 1.29 is 0 Å². The third-order valence-electron chi connectivity index (χ3n) is 4.53. The average Bonchev–Trinajstić information content (AvgIpc) is 2.39. The largest absolute Gasteiger partial charge is 0.360 e. The lowest BCUT2D eigenvalue weighted by Gasteiger charge is -2.39. The van der Waals surface area contributed by atoms with Crippen LogP contribution in [-0.4, -0.2) is 48.9 Å². The van der Waals surface area contributed by atoms with Crippen LogP contribution in [0.25, 0.3) is 0 Å². The first-order valence-electron chi connectivity index (χ1n) is 7.18. The summed E-state index contributed by atoms with van der Waals surface area (Å²) in [5.74, 6) is 1.52. The van der Waals surface area contributed by atoms with Crippen LogP contribution >= 0.6 is 0 Å². The predicted molar refractivity (Wildman–Crippen MR) is 72.6 cm³/mol.